The van der Waals surface area contributed by atoms with E-state index in [1.165, 1.54) is 12.1 Å². The second-order valence-electron chi connectivity index (χ2n) is 4.99. The Morgan fingerprint density at radius 3 is 2.45 bits per heavy atom. The fraction of sp³-hybridized carbons (Fsp3) is 0.500. The van der Waals surface area contributed by atoms with Gasteiger partial charge in [0, 0.05) is 13.1 Å². The number of nitrogens with two attached hydrogens (primary N) is 1. The Hall–Kier alpha value is -1.17. The molecule has 4 nitrogen and oxygen atoms in total. The summed E-state index contributed by atoms with van der Waals surface area (Å²) in [4.78, 5) is 13.8. The van der Waals surface area contributed by atoms with Crippen LogP contribution in [0.1, 0.15) is 18.4 Å². The van der Waals surface area contributed by atoms with Crippen molar-refractivity contribution in [3.63, 3.8) is 0 Å². The number of carbonyl (C=O) groups is 1. The first-order valence-corrected chi connectivity index (χ1v) is 6.53. The fourth-order valence-electron chi connectivity index (χ4n) is 2.28. The molecule has 1 aliphatic heterocycles. The summed E-state index contributed by atoms with van der Waals surface area (Å²) in [6.07, 6.45) is 1.31. The van der Waals surface area contributed by atoms with Gasteiger partial charge in [0.1, 0.15) is 5.82 Å². The molecule has 1 heterocycles. The summed E-state index contributed by atoms with van der Waals surface area (Å²) < 4.78 is 12.8. The number of amides is 1. The molecule has 0 spiro atoms. The minimum absolute atomic E-state index is 0. The van der Waals surface area contributed by atoms with Gasteiger partial charge in [-0.1, -0.05) is 12.1 Å². The molecular weight excluding hydrogens is 283 g/mol. The van der Waals surface area contributed by atoms with Crippen LogP contribution >= 0.6 is 12.4 Å². The lowest BCUT2D eigenvalue weighted by molar-refractivity contribution is -0.134. The van der Waals surface area contributed by atoms with E-state index < -0.39 is 6.04 Å². The van der Waals surface area contributed by atoms with Gasteiger partial charge in [0.15, 0.2) is 0 Å². The smallest absolute Gasteiger partial charge is 0.239 e. The zero-order valence-corrected chi connectivity index (χ0v) is 12.0. The highest BCUT2D eigenvalue weighted by Crippen LogP contribution is 2.12. The predicted molar refractivity (Wildman–Crippen MR) is 77.1 cm³/mol. The molecule has 112 valence electrons. The van der Waals surface area contributed by atoms with Crippen molar-refractivity contribution in [3.05, 3.63) is 35.6 Å². The highest BCUT2D eigenvalue weighted by molar-refractivity contribution is 5.85. The zero-order chi connectivity index (χ0) is 13.8. The van der Waals surface area contributed by atoms with Gasteiger partial charge in [-0.15, -0.1) is 12.4 Å². The number of hydrogen-bond donors (Lipinski definition) is 2. The number of aliphatic hydroxyl groups excluding tert-OH is 1. The maximum atomic E-state index is 12.8. The molecule has 1 aromatic carbocycles. The third-order valence-corrected chi connectivity index (χ3v) is 3.46. The van der Waals surface area contributed by atoms with E-state index in [0.29, 0.717) is 32.4 Å². The van der Waals surface area contributed by atoms with Crippen LogP contribution in [0, 0.1) is 5.82 Å². The van der Waals surface area contributed by atoms with E-state index in [1.54, 1.807) is 17.0 Å². The number of piperidine rings is 1. The van der Waals surface area contributed by atoms with Crippen molar-refractivity contribution in [2.75, 3.05) is 13.1 Å². The number of aliphatic hydroxyl groups is 1. The molecule has 6 heteroatoms. The maximum absolute atomic E-state index is 12.8. The molecule has 1 saturated heterocycles. The Morgan fingerprint density at radius 1 is 1.35 bits per heavy atom. The number of likely N-dealkylation sites (tertiary alicyclic amines) is 1. The number of nitrogens with zero attached hydrogens (tertiary/aromatic N) is 1. The summed E-state index contributed by atoms with van der Waals surface area (Å²) in [5, 5.41) is 9.40. The Balaban J connectivity index is 0.00000200. The first-order chi connectivity index (χ1) is 9.06. The molecule has 1 atom stereocenters. The topological polar surface area (TPSA) is 66.6 Å². The van der Waals surface area contributed by atoms with Crippen molar-refractivity contribution in [2.24, 2.45) is 5.73 Å². The number of carbonyl (C=O) groups excluding carboxylic acids is 1. The van der Waals surface area contributed by atoms with Crippen LogP contribution in [0.2, 0.25) is 0 Å². The molecule has 0 bridgehead atoms. The Labute approximate surface area is 124 Å². The largest absolute Gasteiger partial charge is 0.393 e. The van der Waals surface area contributed by atoms with Crippen molar-refractivity contribution in [3.8, 4) is 0 Å². The van der Waals surface area contributed by atoms with Crippen LogP contribution in [0.4, 0.5) is 4.39 Å². The van der Waals surface area contributed by atoms with Crippen LogP contribution in [0.25, 0.3) is 0 Å². The highest BCUT2D eigenvalue weighted by Gasteiger charge is 2.25. The molecule has 0 saturated carbocycles. The Bertz CT molecular complexity index is 433. The fourth-order valence-corrected chi connectivity index (χ4v) is 2.28. The molecule has 1 aliphatic rings. The monoisotopic (exact) mass is 302 g/mol. The Morgan fingerprint density at radius 2 is 1.90 bits per heavy atom. The van der Waals surface area contributed by atoms with Gasteiger partial charge in [-0.05, 0) is 37.0 Å². The van der Waals surface area contributed by atoms with Crippen molar-refractivity contribution < 1.29 is 14.3 Å². The third-order valence-electron chi connectivity index (χ3n) is 3.46. The van der Waals surface area contributed by atoms with Crippen LogP contribution in [0.15, 0.2) is 24.3 Å². The molecule has 1 unspecified atom stereocenters. The second kappa shape index (κ2) is 7.57. The molecule has 3 N–H and O–H groups in total. The van der Waals surface area contributed by atoms with Gasteiger partial charge in [-0.2, -0.15) is 0 Å². The molecule has 0 aliphatic carbocycles. The normalized spacial score (nSPS) is 17.4. The molecular formula is C14H20ClFN2O2. The van der Waals surface area contributed by atoms with E-state index in [0.717, 1.165) is 5.56 Å². The second-order valence-corrected chi connectivity index (χ2v) is 4.99. The van der Waals surface area contributed by atoms with Crippen molar-refractivity contribution in [2.45, 2.75) is 31.4 Å². The van der Waals surface area contributed by atoms with E-state index in [-0.39, 0.29) is 30.2 Å². The highest BCUT2D eigenvalue weighted by atomic mass is 35.5. The average Bonchev–Trinajstić information content (AvgIpc) is 2.41. The van der Waals surface area contributed by atoms with Crippen LogP contribution in [0.5, 0.6) is 0 Å². The number of hydrogen-bond acceptors (Lipinski definition) is 3. The summed E-state index contributed by atoms with van der Waals surface area (Å²) in [5.41, 5.74) is 6.75. The van der Waals surface area contributed by atoms with Crippen molar-refractivity contribution >= 4 is 18.3 Å². The lowest BCUT2D eigenvalue weighted by Gasteiger charge is -2.31. The molecule has 2 rings (SSSR count). The summed E-state index contributed by atoms with van der Waals surface area (Å²) in [6.45, 7) is 1.11. The summed E-state index contributed by atoms with van der Waals surface area (Å²) in [5.74, 6) is -0.398. The molecule has 0 aromatic heterocycles. The summed E-state index contributed by atoms with van der Waals surface area (Å²) in [7, 11) is 0. The number of rotatable bonds is 3. The SMILES string of the molecule is Cl.NC(Cc1ccc(F)cc1)C(=O)N1CCC(O)CC1. The quantitative estimate of drug-likeness (QED) is 0.879. The van der Waals surface area contributed by atoms with E-state index >= 15 is 0 Å². The van der Waals surface area contributed by atoms with Crippen molar-refractivity contribution in [1.82, 2.24) is 4.90 Å². The van der Waals surface area contributed by atoms with Gasteiger partial charge >= 0.3 is 0 Å². The lowest BCUT2D eigenvalue weighted by atomic mass is 10.0. The van der Waals surface area contributed by atoms with Gasteiger partial charge in [0.2, 0.25) is 5.91 Å². The van der Waals surface area contributed by atoms with Gasteiger partial charge < -0.3 is 15.7 Å². The van der Waals surface area contributed by atoms with Crippen LogP contribution in [-0.2, 0) is 11.2 Å². The van der Waals surface area contributed by atoms with Gasteiger partial charge in [-0.25, -0.2) is 4.39 Å². The molecule has 1 amide bonds. The summed E-state index contributed by atoms with van der Waals surface area (Å²) >= 11 is 0. The zero-order valence-electron chi connectivity index (χ0n) is 11.2. The van der Waals surface area contributed by atoms with E-state index in [9.17, 15) is 14.3 Å². The standard InChI is InChI=1S/C14H19FN2O2.ClH/c15-11-3-1-10(2-4-11)9-13(16)14(19)17-7-5-12(18)6-8-17;/h1-4,12-13,18H,5-9,16H2;1H. The Kier molecular flexibility index (Phi) is 6.39. The first kappa shape index (κ1) is 16.9. The lowest BCUT2D eigenvalue weighted by Crippen LogP contribution is -2.48. The minimum Gasteiger partial charge on any atom is -0.393 e. The van der Waals surface area contributed by atoms with Crippen molar-refractivity contribution in [1.29, 1.82) is 0 Å². The molecule has 20 heavy (non-hydrogen) atoms. The molecule has 1 aromatic rings. The van der Waals surface area contributed by atoms with E-state index in [1.807, 2.05) is 0 Å². The van der Waals surface area contributed by atoms with Crippen LogP contribution in [0.3, 0.4) is 0 Å². The number of halogens is 2. The average molecular weight is 303 g/mol. The van der Waals surface area contributed by atoms with Crippen LogP contribution < -0.4 is 5.73 Å². The van der Waals surface area contributed by atoms with Gasteiger partial charge in [0.25, 0.3) is 0 Å². The minimum atomic E-state index is -0.610. The number of benzene rings is 1. The first-order valence-electron chi connectivity index (χ1n) is 6.53. The summed E-state index contributed by atoms with van der Waals surface area (Å²) in [6, 6.07) is 5.40. The predicted octanol–water partition coefficient (Wildman–Crippen LogP) is 1.10. The molecule has 0 radical (unpaired) electrons. The van der Waals surface area contributed by atoms with E-state index in [4.69, 9.17) is 5.73 Å². The molecule has 1 fully saturated rings. The maximum Gasteiger partial charge on any atom is 0.239 e. The van der Waals surface area contributed by atoms with Crippen LogP contribution in [-0.4, -0.2) is 41.1 Å². The van der Waals surface area contributed by atoms with Gasteiger partial charge in [0.05, 0.1) is 12.1 Å². The van der Waals surface area contributed by atoms with Gasteiger partial charge in [-0.3, -0.25) is 4.79 Å². The van der Waals surface area contributed by atoms with E-state index in [2.05, 4.69) is 0 Å². The third kappa shape index (κ3) is 4.44.